The molecule has 0 fully saturated rings. The van der Waals surface area contributed by atoms with Crippen LogP contribution >= 0.6 is 11.6 Å². The van der Waals surface area contributed by atoms with Crippen LogP contribution in [0.5, 0.6) is 0 Å². The first-order chi connectivity index (χ1) is 9.45. The third kappa shape index (κ3) is 3.48. The lowest BCUT2D eigenvalue weighted by molar-refractivity contribution is -0.385. The Labute approximate surface area is 122 Å². The summed E-state index contributed by atoms with van der Waals surface area (Å²) >= 11 is 5.90. The molecule has 5 heteroatoms. The molecule has 1 N–H and O–H groups in total. The van der Waals surface area contributed by atoms with Crippen molar-refractivity contribution in [2.75, 3.05) is 5.32 Å². The van der Waals surface area contributed by atoms with Gasteiger partial charge in [-0.05, 0) is 49.2 Å². The zero-order valence-electron chi connectivity index (χ0n) is 11.3. The van der Waals surface area contributed by atoms with Crippen LogP contribution in [-0.4, -0.2) is 4.92 Å². The number of aryl methyl sites for hydroxylation is 2. The van der Waals surface area contributed by atoms with Gasteiger partial charge >= 0.3 is 0 Å². The summed E-state index contributed by atoms with van der Waals surface area (Å²) < 4.78 is 0. The molecule has 0 saturated carbocycles. The minimum Gasteiger partial charge on any atom is -0.381 e. The molecule has 2 aromatic rings. The number of nitro groups is 1. The Hall–Kier alpha value is -2.07. The molecule has 4 nitrogen and oxygen atoms in total. The van der Waals surface area contributed by atoms with Gasteiger partial charge in [0.25, 0.3) is 5.69 Å². The maximum atomic E-state index is 11.0. The van der Waals surface area contributed by atoms with Crippen molar-refractivity contribution in [1.29, 1.82) is 0 Å². The van der Waals surface area contributed by atoms with Gasteiger partial charge in [0, 0.05) is 23.3 Å². The molecular formula is C15H15ClN2O2. The first-order valence-corrected chi connectivity index (χ1v) is 6.58. The standard InChI is InChI=1S/C15H15ClN2O2/c1-10-5-11(2)7-14(6-10)17-9-12-8-13(16)3-4-15(12)18(19)20/h3-8,17H,9H2,1-2H3. The van der Waals surface area contributed by atoms with Crippen molar-refractivity contribution >= 4 is 23.0 Å². The van der Waals surface area contributed by atoms with Gasteiger partial charge in [-0.2, -0.15) is 0 Å². The predicted octanol–water partition coefficient (Wildman–Crippen LogP) is 4.48. The van der Waals surface area contributed by atoms with Crippen molar-refractivity contribution in [3.8, 4) is 0 Å². The Balaban J connectivity index is 2.22. The summed E-state index contributed by atoms with van der Waals surface area (Å²) in [4.78, 5) is 10.6. The van der Waals surface area contributed by atoms with Crippen LogP contribution < -0.4 is 5.32 Å². The summed E-state index contributed by atoms with van der Waals surface area (Å²) in [6.07, 6.45) is 0. The van der Waals surface area contributed by atoms with E-state index in [2.05, 4.69) is 11.4 Å². The van der Waals surface area contributed by atoms with Gasteiger partial charge in [-0.3, -0.25) is 10.1 Å². The SMILES string of the molecule is Cc1cc(C)cc(NCc2cc(Cl)ccc2[N+](=O)[O-])c1. The molecule has 2 aromatic carbocycles. The summed E-state index contributed by atoms with van der Waals surface area (Å²) in [6, 6.07) is 10.7. The number of nitrogens with one attached hydrogen (secondary N) is 1. The van der Waals surface area contributed by atoms with Crippen molar-refractivity contribution in [1.82, 2.24) is 0 Å². The fourth-order valence-corrected chi connectivity index (χ4v) is 2.34. The fourth-order valence-electron chi connectivity index (χ4n) is 2.15. The Morgan fingerprint density at radius 2 is 1.80 bits per heavy atom. The van der Waals surface area contributed by atoms with E-state index in [1.54, 1.807) is 6.07 Å². The zero-order valence-corrected chi connectivity index (χ0v) is 12.1. The quantitative estimate of drug-likeness (QED) is 0.667. The van der Waals surface area contributed by atoms with Gasteiger partial charge in [0.2, 0.25) is 0 Å². The van der Waals surface area contributed by atoms with Crippen molar-refractivity contribution in [3.63, 3.8) is 0 Å². The van der Waals surface area contributed by atoms with E-state index in [1.807, 2.05) is 26.0 Å². The highest BCUT2D eigenvalue weighted by Gasteiger charge is 2.13. The molecule has 0 bridgehead atoms. The van der Waals surface area contributed by atoms with Crippen molar-refractivity contribution in [3.05, 3.63) is 68.2 Å². The maximum Gasteiger partial charge on any atom is 0.274 e. The smallest absolute Gasteiger partial charge is 0.274 e. The molecule has 0 saturated heterocycles. The van der Waals surface area contributed by atoms with Gasteiger partial charge < -0.3 is 5.32 Å². The Morgan fingerprint density at radius 1 is 1.15 bits per heavy atom. The normalized spacial score (nSPS) is 10.3. The third-order valence-corrected chi connectivity index (χ3v) is 3.18. The van der Waals surface area contributed by atoms with Gasteiger partial charge in [0.05, 0.1) is 10.5 Å². The van der Waals surface area contributed by atoms with E-state index in [0.717, 1.165) is 16.8 Å². The molecule has 0 aromatic heterocycles. The average Bonchev–Trinajstić information content (AvgIpc) is 2.35. The molecule has 0 radical (unpaired) electrons. The minimum atomic E-state index is -0.394. The second-order valence-electron chi connectivity index (χ2n) is 4.76. The van der Waals surface area contributed by atoms with Crippen molar-refractivity contribution in [2.24, 2.45) is 0 Å². The molecule has 0 atom stereocenters. The second kappa shape index (κ2) is 5.92. The lowest BCUT2D eigenvalue weighted by Crippen LogP contribution is -2.03. The van der Waals surface area contributed by atoms with E-state index in [-0.39, 0.29) is 5.69 Å². The molecule has 20 heavy (non-hydrogen) atoms. The van der Waals surface area contributed by atoms with Crippen LogP contribution in [0.2, 0.25) is 5.02 Å². The molecule has 0 heterocycles. The lowest BCUT2D eigenvalue weighted by Gasteiger charge is -2.09. The van der Waals surface area contributed by atoms with Crippen LogP contribution in [-0.2, 0) is 6.54 Å². The number of rotatable bonds is 4. The maximum absolute atomic E-state index is 11.0. The van der Waals surface area contributed by atoms with Crippen LogP contribution in [0.15, 0.2) is 36.4 Å². The first-order valence-electron chi connectivity index (χ1n) is 6.20. The third-order valence-electron chi connectivity index (χ3n) is 2.94. The van der Waals surface area contributed by atoms with Crippen LogP contribution in [0.3, 0.4) is 0 Å². The van der Waals surface area contributed by atoms with E-state index in [9.17, 15) is 10.1 Å². The summed E-state index contributed by atoms with van der Waals surface area (Å²) in [5.74, 6) is 0. The van der Waals surface area contributed by atoms with E-state index in [4.69, 9.17) is 11.6 Å². The van der Waals surface area contributed by atoms with Crippen LogP contribution in [0.1, 0.15) is 16.7 Å². The Kier molecular flexibility index (Phi) is 4.25. The van der Waals surface area contributed by atoms with Crippen molar-refractivity contribution in [2.45, 2.75) is 20.4 Å². The van der Waals surface area contributed by atoms with E-state index >= 15 is 0 Å². The number of hydrogen-bond donors (Lipinski definition) is 1. The second-order valence-corrected chi connectivity index (χ2v) is 5.20. The average molecular weight is 291 g/mol. The van der Waals surface area contributed by atoms with Crippen LogP contribution in [0, 0.1) is 24.0 Å². The van der Waals surface area contributed by atoms with E-state index < -0.39 is 4.92 Å². The highest BCUT2D eigenvalue weighted by Crippen LogP contribution is 2.24. The van der Waals surface area contributed by atoms with Gasteiger partial charge in [-0.25, -0.2) is 0 Å². The Morgan fingerprint density at radius 3 is 2.40 bits per heavy atom. The molecule has 0 spiro atoms. The summed E-state index contributed by atoms with van der Waals surface area (Å²) in [7, 11) is 0. The number of hydrogen-bond acceptors (Lipinski definition) is 3. The summed E-state index contributed by atoms with van der Waals surface area (Å²) in [5, 5.41) is 14.7. The predicted molar refractivity (Wildman–Crippen MR) is 81.3 cm³/mol. The van der Waals surface area contributed by atoms with Crippen LogP contribution in [0.4, 0.5) is 11.4 Å². The largest absolute Gasteiger partial charge is 0.381 e. The first kappa shape index (κ1) is 14.3. The number of halogens is 1. The minimum absolute atomic E-state index is 0.0753. The number of benzene rings is 2. The number of anilines is 1. The molecular weight excluding hydrogens is 276 g/mol. The molecule has 0 aliphatic carbocycles. The zero-order chi connectivity index (χ0) is 14.7. The Bertz CT molecular complexity index is 636. The van der Waals surface area contributed by atoms with Gasteiger partial charge in [-0.15, -0.1) is 0 Å². The highest BCUT2D eigenvalue weighted by molar-refractivity contribution is 6.30. The van der Waals surface area contributed by atoms with E-state index in [0.29, 0.717) is 17.1 Å². The number of nitro benzene ring substituents is 1. The lowest BCUT2D eigenvalue weighted by atomic mass is 10.1. The molecule has 104 valence electrons. The molecule has 0 unspecified atom stereocenters. The monoisotopic (exact) mass is 290 g/mol. The molecule has 0 aliphatic rings. The summed E-state index contributed by atoms with van der Waals surface area (Å²) in [6.45, 7) is 4.39. The number of nitrogens with zero attached hydrogens (tertiary/aromatic N) is 1. The molecule has 0 aliphatic heterocycles. The summed E-state index contributed by atoms with van der Waals surface area (Å²) in [5.41, 5.74) is 3.88. The van der Waals surface area contributed by atoms with E-state index in [1.165, 1.54) is 12.1 Å². The molecule has 2 rings (SSSR count). The topological polar surface area (TPSA) is 55.2 Å². The van der Waals surface area contributed by atoms with Crippen molar-refractivity contribution < 1.29 is 4.92 Å². The van der Waals surface area contributed by atoms with Gasteiger partial charge in [0.1, 0.15) is 0 Å². The van der Waals surface area contributed by atoms with Gasteiger partial charge in [-0.1, -0.05) is 17.7 Å². The highest BCUT2D eigenvalue weighted by atomic mass is 35.5. The van der Waals surface area contributed by atoms with Crippen LogP contribution in [0.25, 0.3) is 0 Å². The fraction of sp³-hybridized carbons (Fsp3) is 0.200. The van der Waals surface area contributed by atoms with Gasteiger partial charge in [0.15, 0.2) is 0 Å². The molecule has 0 amide bonds.